The van der Waals surface area contributed by atoms with E-state index in [4.69, 9.17) is 9.47 Å². The summed E-state index contributed by atoms with van der Waals surface area (Å²) in [6.45, 7) is 1.85. The van der Waals surface area contributed by atoms with Crippen LogP contribution in [0.1, 0.15) is 11.1 Å². The zero-order chi connectivity index (χ0) is 17.8. The molecule has 0 spiro atoms. The highest BCUT2D eigenvalue weighted by molar-refractivity contribution is 5.92. The summed E-state index contributed by atoms with van der Waals surface area (Å²) in [6, 6.07) is 13.4. The van der Waals surface area contributed by atoms with Gasteiger partial charge in [0.15, 0.2) is 11.5 Å². The number of hydrogen-bond donors (Lipinski definition) is 1. The predicted octanol–water partition coefficient (Wildman–Crippen LogP) is 2.88. The molecular formula is C20H19N3O3. The third-order valence-corrected chi connectivity index (χ3v) is 4.13. The van der Waals surface area contributed by atoms with Crippen molar-refractivity contribution in [1.29, 1.82) is 0 Å². The van der Waals surface area contributed by atoms with Crippen LogP contribution in [0.3, 0.4) is 0 Å². The van der Waals surface area contributed by atoms with Crippen molar-refractivity contribution in [3.05, 3.63) is 72.3 Å². The first-order chi connectivity index (χ1) is 12.8. The second kappa shape index (κ2) is 7.31. The number of rotatable bonds is 5. The second-order valence-corrected chi connectivity index (χ2v) is 6.13. The third-order valence-electron chi connectivity index (χ3n) is 4.13. The van der Waals surface area contributed by atoms with Crippen molar-refractivity contribution < 1.29 is 14.3 Å². The highest BCUT2D eigenvalue weighted by Gasteiger charge is 2.13. The third kappa shape index (κ3) is 3.85. The van der Waals surface area contributed by atoms with E-state index in [2.05, 4.69) is 10.3 Å². The maximum absolute atomic E-state index is 12.3. The summed E-state index contributed by atoms with van der Waals surface area (Å²) in [7, 11) is 0. The van der Waals surface area contributed by atoms with Crippen LogP contribution in [0.25, 0.3) is 0 Å². The van der Waals surface area contributed by atoms with E-state index in [9.17, 15) is 4.79 Å². The minimum absolute atomic E-state index is 0.0657. The number of imidazole rings is 1. The Kier molecular flexibility index (Phi) is 4.55. The molecule has 0 bridgehead atoms. The van der Waals surface area contributed by atoms with Gasteiger partial charge in [-0.3, -0.25) is 4.79 Å². The summed E-state index contributed by atoms with van der Waals surface area (Å²) in [5.74, 6) is 1.36. The first-order valence-electron chi connectivity index (χ1n) is 8.49. The van der Waals surface area contributed by atoms with Gasteiger partial charge in [-0.15, -0.1) is 0 Å². The summed E-state index contributed by atoms with van der Waals surface area (Å²) >= 11 is 0. The molecule has 1 aliphatic heterocycles. The minimum Gasteiger partial charge on any atom is -0.486 e. The van der Waals surface area contributed by atoms with E-state index in [1.165, 1.54) is 0 Å². The summed E-state index contributed by atoms with van der Waals surface area (Å²) in [5, 5.41) is 2.93. The second-order valence-electron chi connectivity index (χ2n) is 6.13. The van der Waals surface area contributed by atoms with E-state index in [1.54, 1.807) is 12.5 Å². The maximum atomic E-state index is 12.3. The van der Waals surface area contributed by atoms with E-state index < -0.39 is 0 Å². The summed E-state index contributed by atoms with van der Waals surface area (Å²) in [5.41, 5.74) is 2.82. The molecule has 6 heteroatoms. The van der Waals surface area contributed by atoms with Gasteiger partial charge in [-0.2, -0.15) is 0 Å². The Bertz CT molecular complexity index is 889. The van der Waals surface area contributed by atoms with Crippen molar-refractivity contribution in [3.63, 3.8) is 0 Å². The Labute approximate surface area is 151 Å². The molecule has 1 N–H and O–H groups in total. The zero-order valence-electron chi connectivity index (χ0n) is 14.2. The van der Waals surface area contributed by atoms with Gasteiger partial charge in [0.2, 0.25) is 5.91 Å². The molecule has 0 saturated carbocycles. The lowest BCUT2D eigenvalue weighted by Crippen LogP contribution is -2.17. The average molecular weight is 349 g/mol. The predicted molar refractivity (Wildman–Crippen MR) is 97.5 cm³/mol. The molecule has 3 aromatic rings. The Morgan fingerprint density at radius 3 is 2.58 bits per heavy atom. The maximum Gasteiger partial charge on any atom is 0.228 e. The van der Waals surface area contributed by atoms with Gasteiger partial charge in [0.25, 0.3) is 0 Å². The van der Waals surface area contributed by atoms with Crippen molar-refractivity contribution >= 4 is 11.6 Å². The molecule has 0 radical (unpaired) electrons. The fraction of sp³-hybridized carbons (Fsp3) is 0.200. The van der Waals surface area contributed by atoms with Crippen molar-refractivity contribution in [2.45, 2.75) is 13.0 Å². The van der Waals surface area contributed by atoms with Crippen molar-refractivity contribution in [1.82, 2.24) is 9.55 Å². The number of fused-ring (bicyclic) bond motifs is 1. The monoisotopic (exact) mass is 349 g/mol. The van der Waals surface area contributed by atoms with E-state index in [-0.39, 0.29) is 12.3 Å². The van der Waals surface area contributed by atoms with Crippen LogP contribution in [0.5, 0.6) is 11.5 Å². The number of hydrogen-bond acceptors (Lipinski definition) is 4. The molecule has 132 valence electrons. The average Bonchev–Trinajstić information content (AvgIpc) is 3.16. The molecule has 0 fully saturated rings. The van der Waals surface area contributed by atoms with E-state index in [1.807, 2.05) is 53.2 Å². The fourth-order valence-corrected chi connectivity index (χ4v) is 2.87. The van der Waals surface area contributed by atoms with Gasteiger partial charge in [0.05, 0.1) is 12.7 Å². The molecule has 2 aromatic carbocycles. The summed E-state index contributed by atoms with van der Waals surface area (Å²) in [6.07, 6.45) is 5.74. The number of nitrogens with one attached hydrogen (secondary N) is 1. The molecule has 2 heterocycles. The zero-order valence-corrected chi connectivity index (χ0v) is 14.2. The van der Waals surface area contributed by atoms with E-state index in [0.29, 0.717) is 19.0 Å². The smallest absolute Gasteiger partial charge is 0.228 e. The number of aromatic nitrogens is 2. The molecule has 0 aliphatic carbocycles. The number of amides is 1. The highest BCUT2D eigenvalue weighted by atomic mass is 16.6. The lowest BCUT2D eigenvalue weighted by atomic mass is 10.1. The lowest BCUT2D eigenvalue weighted by molar-refractivity contribution is -0.115. The number of carbonyl (C=O) groups is 1. The van der Waals surface area contributed by atoms with Crippen LogP contribution in [0.2, 0.25) is 0 Å². The molecular weight excluding hydrogens is 330 g/mol. The van der Waals surface area contributed by atoms with Gasteiger partial charge in [0.1, 0.15) is 13.2 Å². The SMILES string of the molecule is O=C(Cc1ccc2c(c1)OCCO2)Nc1ccc(Cn2ccnc2)cc1. The Morgan fingerprint density at radius 1 is 1.04 bits per heavy atom. The normalized spacial score (nSPS) is 12.6. The van der Waals surface area contributed by atoms with Crippen LogP contribution >= 0.6 is 0 Å². The summed E-state index contributed by atoms with van der Waals surface area (Å²) in [4.78, 5) is 16.3. The van der Waals surface area contributed by atoms with Crippen molar-refractivity contribution in [2.75, 3.05) is 18.5 Å². The molecule has 1 aromatic heterocycles. The number of anilines is 1. The van der Waals surface area contributed by atoms with Gasteiger partial charge in [-0.25, -0.2) is 4.98 Å². The topological polar surface area (TPSA) is 65.4 Å². The molecule has 4 rings (SSSR count). The molecule has 0 unspecified atom stereocenters. The summed E-state index contributed by atoms with van der Waals surface area (Å²) < 4.78 is 13.0. The molecule has 0 saturated heterocycles. The molecule has 0 atom stereocenters. The minimum atomic E-state index is -0.0657. The Hall–Kier alpha value is -3.28. The standard InChI is InChI=1S/C20H19N3O3/c24-20(12-16-3-6-18-19(11-16)26-10-9-25-18)22-17-4-1-15(2-5-17)13-23-8-7-21-14-23/h1-8,11,14H,9-10,12-13H2,(H,22,24). The van der Waals surface area contributed by atoms with E-state index >= 15 is 0 Å². The van der Waals surface area contributed by atoms with Gasteiger partial charge in [-0.05, 0) is 35.4 Å². The van der Waals surface area contributed by atoms with E-state index in [0.717, 1.165) is 29.1 Å². The van der Waals surface area contributed by atoms with Crippen LogP contribution in [-0.4, -0.2) is 28.7 Å². The highest BCUT2D eigenvalue weighted by Crippen LogP contribution is 2.30. The molecule has 1 amide bonds. The lowest BCUT2D eigenvalue weighted by Gasteiger charge is -2.18. The quantitative estimate of drug-likeness (QED) is 0.769. The van der Waals surface area contributed by atoms with Gasteiger partial charge in [0, 0.05) is 24.6 Å². The number of carbonyl (C=O) groups excluding carboxylic acids is 1. The van der Waals surface area contributed by atoms with Crippen LogP contribution < -0.4 is 14.8 Å². The first-order valence-corrected chi connectivity index (χ1v) is 8.49. The van der Waals surface area contributed by atoms with Crippen LogP contribution in [0.15, 0.2) is 61.2 Å². The first kappa shape index (κ1) is 16.2. The van der Waals surface area contributed by atoms with Crippen LogP contribution in [-0.2, 0) is 17.8 Å². The molecule has 6 nitrogen and oxygen atoms in total. The van der Waals surface area contributed by atoms with Crippen LogP contribution in [0.4, 0.5) is 5.69 Å². The number of ether oxygens (including phenoxy) is 2. The van der Waals surface area contributed by atoms with Gasteiger partial charge < -0.3 is 19.4 Å². The molecule has 26 heavy (non-hydrogen) atoms. The number of benzene rings is 2. The van der Waals surface area contributed by atoms with Crippen LogP contribution in [0, 0.1) is 0 Å². The van der Waals surface area contributed by atoms with Gasteiger partial charge in [-0.1, -0.05) is 18.2 Å². The fourth-order valence-electron chi connectivity index (χ4n) is 2.87. The van der Waals surface area contributed by atoms with Crippen molar-refractivity contribution in [2.24, 2.45) is 0 Å². The largest absolute Gasteiger partial charge is 0.486 e. The molecule has 1 aliphatic rings. The van der Waals surface area contributed by atoms with Crippen molar-refractivity contribution in [3.8, 4) is 11.5 Å². The van der Waals surface area contributed by atoms with Gasteiger partial charge >= 0.3 is 0 Å². The number of nitrogens with zero attached hydrogens (tertiary/aromatic N) is 2. The Balaban J connectivity index is 1.35. The Morgan fingerprint density at radius 2 is 1.81 bits per heavy atom.